The van der Waals surface area contributed by atoms with Crippen LogP contribution < -0.4 is 10.6 Å². The Labute approximate surface area is 125 Å². The minimum absolute atomic E-state index is 0.0223. The standard InChI is InChI=1S/C17H21N3O/c1-14-2-4-16(5-3-14)17(21)20-13-12-19-11-8-15-6-9-18-10-7-15/h2-7,9-10,19H,8,11-13H2,1H3,(H,20,21). The molecule has 0 aliphatic heterocycles. The van der Waals surface area contributed by atoms with Gasteiger partial charge in [0.15, 0.2) is 0 Å². The van der Waals surface area contributed by atoms with E-state index in [0.29, 0.717) is 12.1 Å². The number of carbonyl (C=O) groups is 1. The Morgan fingerprint density at radius 1 is 1.00 bits per heavy atom. The molecule has 0 radical (unpaired) electrons. The van der Waals surface area contributed by atoms with Gasteiger partial charge in [-0.2, -0.15) is 0 Å². The first-order chi connectivity index (χ1) is 10.3. The van der Waals surface area contributed by atoms with Crippen LogP contribution in [-0.2, 0) is 6.42 Å². The fraction of sp³-hybridized carbons (Fsp3) is 0.294. The van der Waals surface area contributed by atoms with Crippen LogP contribution in [0.25, 0.3) is 0 Å². The zero-order valence-corrected chi connectivity index (χ0v) is 12.3. The molecular formula is C17H21N3O. The molecule has 0 bridgehead atoms. The molecule has 2 N–H and O–H groups in total. The zero-order chi connectivity index (χ0) is 14.9. The Hall–Kier alpha value is -2.20. The van der Waals surface area contributed by atoms with Crippen molar-refractivity contribution in [1.82, 2.24) is 15.6 Å². The molecule has 0 saturated carbocycles. The second-order valence-corrected chi connectivity index (χ2v) is 4.98. The minimum atomic E-state index is -0.0223. The molecule has 0 atom stereocenters. The summed E-state index contributed by atoms with van der Waals surface area (Å²) in [6.07, 6.45) is 4.57. The summed E-state index contributed by atoms with van der Waals surface area (Å²) in [4.78, 5) is 15.9. The van der Waals surface area contributed by atoms with Crippen molar-refractivity contribution in [1.29, 1.82) is 0 Å². The highest BCUT2D eigenvalue weighted by Gasteiger charge is 2.03. The van der Waals surface area contributed by atoms with Gasteiger partial charge in [0.25, 0.3) is 5.91 Å². The molecule has 1 amide bonds. The Morgan fingerprint density at radius 3 is 2.43 bits per heavy atom. The van der Waals surface area contributed by atoms with E-state index in [0.717, 1.165) is 25.1 Å². The fourth-order valence-electron chi connectivity index (χ4n) is 1.98. The molecule has 1 aromatic carbocycles. The predicted octanol–water partition coefficient (Wildman–Crippen LogP) is 1.95. The van der Waals surface area contributed by atoms with E-state index >= 15 is 0 Å². The van der Waals surface area contributed by atoms with E-state index < -0.39 is 0 Å². The van der Waals surface area contributed by atoms with Crippen molar-refractivity contribution in [3.05, 3.63) is 65.5 Å². The normalized spacial score (nSPS) is 10.3. The maximum atomic E-state index is 11.9. The first-order valence-corrected chi connectivity index (χ1v) is 7.20. The van der Waals surface area contributed by atoms with Gasteiger partial charge >= 0.3 is 0 Å². The number of rotatable bonds is 7. The highest BCUT2D eigenvalue weighted by Crippen LogP contribution is 2.02. The quantitative estimate of drug-likeness (QED) is 0.764. The summed E-state index contributed by atoms with van der Waals surface area (Å²) < 4.78 is 0. The number of pyridine rings is 1. The second kappa shape index (κ2) is 8.17. The number of nitrogens with zero attached hydrogens (tertiary/aromatic N) is 1. The fourth-order valence-corrected chi connectivity index (χ4v) is 1.98. The molecule has 1 aromatic heterocycles. The smallest absolute Gasteiger partial charge is 0.251 e. The van der Waals surface area contributed by atoms with Gasteiger partial charge in [-0.05, 0) is 49.7 Å². The predicted molar refractivity (Wildman–Crippen MR) is 84.3 cm³/mol. The number of hydrogen-bond acceptors (Lipinski definition) is 3. The summed E-state index contributed by atoms with van der Waals surface area (Å²) >= 11 is 0. The lowest BCUT2D eigenvalue weighted by molar-refractivity contribution is 0.0954. The highest BCUT2D eigenvalue weighted by molar-refractivity contribution is 5.94. The maximum absolute atomic E-state index is 11.9. The van der Waals surface area contributed by atoms with Crippen molar-refractivity contribution >= 4 is 5.91 Å². The van der Waals surface area contributed by atoms with Crippen LogP contribution in [0.1, 0.15) is 21.5 Å². The summed E-state index contributed by atoms with van der Waals surface area (Å²) in [5.74, 6) is -0.0223. The number of hydrogen-bond donors (Lipinski definition) is 2. The second-order valence-electron chi connectivity index (χ2n) is 4.98. The molecule has 0 aliphatic rings. The van der Waals surface area contributed by atoms with E-state index in [1.54, 1.807) is 12.4 Å². The molecule has 21 heavy (non-hydrogen) atoms. The topological polar surface area (TPSA) is 54.0 Å². The maximum Gasteiger partial charge on any atom is 0.251 e. The number of benzene rings is 1. The largest absolute Gasteiger partial charge is 0.351 e. The lowest BCUT2D eigenvalue weighted by atomic mass is 10.1. The van der Waals surface area contributed by atoms with Crippen molar-refractivity contribution in [2.24, 2.45) is 0 Å². The van der Waals surface area contributed by atoms with Crippen LogP contribution in [0.2, 0.25) is 0 Å². The molecular weight excluding hydrogens is 262 g/mol. The van der Waals surface area contributed by atoms with Gasteiger partial charge in [-0.1, -0.05) is 17.7 Å². The third kappa shape index (κ3) is 5.36. The lowest BCUT2D eigenvalue weighted by Gasteiger charge is -2.07. The first kappa shape index (κ1) is 15.2. The Balaban J connectivity index is 1.59. The van der Waals surface area contributed by atoms with Crippen molar-refractivity contribution in [3.8, 4) is 0 Å². The van der Waals surface area contributed by atoms with Gasteiger partial charge in [-0.25, -0.2) is 0 Å². The van der Waals surface area contributed by atoms with Crippen LogP contribution in [0.5, 0.6) is 0 Å². The average Bonchev–Trinajstić information content (AvgIpc) is 2.52. The van der Waals surface area contributed by atoms with Crippen LogP contribution in [0.15, 0.2) is 48.8 Å². The highest BCUT2D eigenvalue weighted by atomic mass is 16.1. The van der Waals surface area contributed by atoms with E-state index in [-0.39, 0.29) is 5.91 Å². The number of nitrogens with one attached hydrogen (secondary N) is 2. The van der Waals surface area contributed by atoms with E-state index in [1.807, 2.05) is 43.3 Å². The van der Waals surface area contributed by atoms with Crippen LogP contribution in [-0.4, -0.2) is 30.5 Å². The number of aromatic nitrogens is 1. The SMILES string of the molecule is Cc1ccc(C(=O)NCCNCCc2ccncc2)cc1. The summed E-state index contributed by atoms with van der Waals surface area (Å²) in [5, 5.41) is 6.22. The van der Waals surface area contributed by atoms with E-state index in [2.05, 4.69) is 15.6 Å². The van der Waals surface area contributed by atoms with Gasteiger partial charge in [-0.3, -0.25) is 9.78 Å². The van der Waals surface area contributed by atoms with Gasteiger partial charge in [-0.15, -0.1) is 0 Å². The Morgan fingerprint density at radius 2 is 1.71 bits per heavy atom. The van der Waals surface area contributed by atoms with E-state index in [4.69, 9.17) is 0 Å². The lowest BCUT2D eigenvalue weighted by Crippen LogP contribution is -2.32. The molecule has 1 heterocycles. The van der Waals surface area contributed by atoms with Crippen molar-refractivity contribution < 1.29 is 4.79 Å². The Kier molecular flexibility index (Phi) is 5.91. The molecule has 0 fully saturated rings. The minimum Gasteiger partial charge on any atom is -0.351 e. The first-order valence-electron chi connectivity index (χ1n) is 7.20. The molecule has 0 unspecified atom stereocenters. The molecule has 2 rings (SSSR count). The average molecular weight is 283 g/mol. The van der Waals surface area contributed by atoms with Gasteiger partial charge in [0, 0.05) is 31.0 Å². The third-order valence-corrected chi connectivity index (χ3v) is 3.24. The zero-order valence-electron chi connectivity index (χ0n) is 12.3. The Bertz CT molecular complexity index is 552. The van der Waals surface area contributed by atoms with Gasteiger partial charge < -0.3 is 10.6 Å². The van der Waals surface area contributed by atoms with Crippen LogP contribution in [0, 0.1) is 6.92 Å². The van der Waals surface area contributed by atoms with Crippen molar-refractivity contribution in [2.75, 3.05) is 19.6 Å². The summed E-state index contributed by atoms with van der Waals surface area (Å²) in [6, 6.07) is 11.6. The molecule has 2 aromatic rings. The third-order valence-electron chi connectivity index (χ3n) is 3.24. The van der Waals surface area contributed by atoms with Crippen LogP contribution >= 0.6 is 0 Å². The molecule has 0 aliphatic carbocycles. The number of carbonyl (C=O) groups excluding carboxylic acids is 1. The monoisotopic (exact) mass is 283 g/mol. The number of amides is 1. The molecule has 4 nitrogen and oxygen atoms in total. The summed E-state index contributed by atoms with van der Waals surface area (Å²) in [7, 11) is 0. The molecule has 110 valence electrons. The molecule has 0 spiro atoms. The number of aryl methyl sites for hydroxylation is 1. The van der Waals surface area contributed by atoms with Gasteiger partial charge in [0.05, 0.1) is 0 Å². The van der Waals surface area contributed by atoms with Gasteiger partial charge in [0.2, 0.25) is 0 Å². The van der Waals surface area contributed by atoms with Crippen molar-refractivity contribution in [2.45, 2.75) is 13.3 Å². The molecule has 0 saturated heterocycles. The molecule has 4 heteroatoms. The van der Waals surface area contributed by atoms with E-state index in [9.17, 15) is 4.79 Å². The summed E-state index contributed by atoms with van der Waals surface area (Å²) in [5.41, 5.74) is 3.13. The van der Waals surface area contributed by atoms with Gasteiger partial charge in [0.1, 0.15) is 0 Å². The van der Waals surface area contributed by atoms with Crippen LogP contribution in [0.4, 0.5) is 0 Å². The van der Waals surface area contributed by atoms with Crippen LogP contribution in [0.3, 0.4) is 0 Å². The summed E-state index contributed by atoms with van der Waals surface area (Å²) in [6.45, 7) is 4.30. The van der Waals surface area contributed by atoms with Crippen molar-refractivity contribution in [3.63, 3.8) is 0 Å². The van der Waals surface area contributed by atoms with E-state index in [1.165, 1.54) is 5.56 Å².